The SMILES string of the molecule is O=C(NCc1ccc(Cl)cc1Cl)C1CCCN(C(=O)c2ccc(F)cc2)C1. The van der Waals surface area contributed by atoms with Crippen LogP contribution in [-0.4, -0.2) is 29.8 Å². The fraction of sp³-hybridized carbons (Fsp3) is 0.300. The molecule has 0 saturated carbocycles. The van der Waals surface area contributed by atoms with Crippen LogP contribution in [-0.2, 0) is 11.3 Å². The molecular formula is C20H19Cl2FN2O2. The molecule has 27 heavy (non-hydrogen) atoms. The molecule has 0 bridgehead atoms. The molecule has 0 aliphatic carbocycles. The number of halogens is 3. The number of amides is 2. The van der Waals surface area contributed by atoms with Gasteiger partial charge in [-0.05, 0) is 54.8 Å². The van der Waals surface area contributed by atoms with E-state index in [1.807, 2.05) is 0 Å². The molecule has 2 amide bonds. The van der Waals surface area contributed by atoms with Gasteiger partial charge in [-0.3, -0.25) is 9.59 Å². The quantitative estimate of drug-likeness (QED) is 0.819. The highest BCUT2D eigenvalue weighted by Crippen LogP contribution is 2.22. The van der Waals surface area contributed by atoms with E-state index in [-0.39, 0.29) is 23.5 Å². The molecule has 4 nitrogen and oxygen atoms in total. The maximum absolute atomic E-state index is 13.0. The second-order valence-corrected chi connectivity index (χ2v) is 7.39. The van der Waals surface area contributed by atoms with Gasteiger partial charge in [0, 0.05) is 35.2 Å². The molecule has 0 spiro atoms. The van der Waals surface area contributed by atoms with E-state index in [0.717, 1.165) is 12.0 Å². The highest BCUT2D eigenvalue weighted by atomic mass is 35.5. The van der Waals surface area contributed by atoms with Crippen LogP contribution in [0.3, 0.4) is 0 Å². The minimum atomic E-state index is -0.386. The van der Waals surface area contributed by atoms with Crippen molar-refractivity contribution in [1.82, 2.24) is 10.2 Å². The largest absolute Gasteiger partial charge is 0.352 e. The second kappa shape index (κ2) is 8.72. The Balaban J connectivity index is 1.59. The number of hydrogen-bond donors (Lipinski definition) is 1. The zero-order valence-electron chi connectivity index (χ0n) is 14.6. The van der Waals surface area contributed by atoms with Crippen LogP contribution in [0.5, 0.6) is 0 Å². The molecule has 1 fully saturated rings. The Morgan fingerprint density at radius 3 is 2.59 bits per heavy atom. The summed E-state index contributed by atoms with van der Waals surface area (Å²) in [6.07, 6.45) is 1.46. The van der Waals surface area contributed by atoms with Gasteiger partial charge in [-0.25, -0.2) is 4.39 Å². The van der Waals surface area contributed by atoms with Crippen molar-refractivity contribution in [3.8, 4) is 0 Å². The molecule has 1 N–H and O–H groups in total. The second-order valence-electron chi connectivity index (χ2n) is 6.55. The van der Waals surface area contributed by atoms with Crippen molar-refractivity contribution in [3.05, 3.63) is 69.5 Å². The molecule has 142 valence electrons. The number of carbonyl (C=O) groups is 2. The first-order valence-corrected chi connectivity index (χ1v) is 9.46. The van der Waals surface area contributed by atoms with E-state index >= 15 is 0 Å². The molecule has 1 heterocycles. The Hall–Kier alpha value is -2.11. The van der Waals surface area contributed by atoms with Crippen molar-refractivity contribution >= 4 is 35.0 Å². The van der Waals surface area contributed by atoms with E-state index in [1.165, 1.54) is 24.3 Å². The number of carbonyl (C=O) groups excluding carboxylic acids is 2. The van der Waals surface area contributed by atoms with Crippen LogP contribution in [0.25, 0.3) is 0 Å². The van der Waals surface area contributed by atoms with E-state index in [4.69, 9.17) is 23.2 Å². The van der Waals surface area contributed by atoms with Crippen LogP contribution >= 0.6 is 23.2 Å². The average Bonchev–Trinajstić information content (AvgIpc) is 2.67. The summed E-state index contributed by atoms with van der Waals surface area (Å²) in [4.78, 5) is 26.8. The lowest BCUT2D eigenvalue weighted by atomic mass is 9.96. The molecular weight excluding hydrogens is 390 g/mol. The highest BCUT2D eigenvalue weighted by molar-refractivity contribution is 6.35. The van der Waals surface area contributed by atoms with Gasteiger partial charge in [0.1, 0.15) is 5.82 Å². The Kier molecular flexibility index (Phi) is 6.34. The predicted molar refractivity (Wildman–Crippen MR) is 103 cm³/mol. The molecule has 2 aromatic rings. The fourth-order valence-corrected chi connectivity index (χ4v) is 3.62. The average molecular weight is 409 g/mol. The Morgan fingerprint density at radius 1 is 1.15 bits per heavy atom. The van der Waals surface area contributed by atoms with Crippen molar-refractivity contribution in [2.24, 2.45) is 5.92 Å². The van der Waals surface area contributed by atoms with Gasteiger partial charge in [-0.15, -0.1) is 0 Å². The topological polar surface area (TPSA) is 49.4 Å². The Labute approximate surface area is 167 Å². The summed E-state index contributed by atoms with van der Waals surface area (Å²) in [7, 11) is 0. The maximum atomic E-state index is 13.0. The molecule has 0 radical (unpaired) electrons. The van der Waals surface area contributed by atoms with Gasteiger partial charge in [0.2, 0.25) is 5.91 Å². The number of hydrogen-bond acceptors (Lipinski definition) is 2. The Bertz CT molecular complexity index is 842. The van der Waals surface area contributed by atoms with Gasteiger partial charge >= 0.3 is 0 Å². The molecule has 1 unspecified atom stereocenters. The van der Waals surface area contributed by atoms with Gasteiger partial charge in [0.05, 0.1) is 5.92 Å². The van der Waals surface area contributed by atoms with E-state index < -0.39 is 0 Å². The van der Waals surface area contributed by atoms with Crippen molar-refractivity contribution in [2.45, 2.75) is 19.4 Å². The van der Waals surface area contributed by atoms with Crippen molar-refractivity contribution in [2.75, 3.05) is 13.1 Å². The van der Waals surface area contributed by atoms with Crippen LogP contribution in [0.15, 0.2) is 42.5 Å². The molecule has 0 aromatic heterocycles. The van der Waals surface area contributed by atoms with Gasteiger partial charge in [-0.2, -0.15) is 0 Å². The van der Waals surface area contributed by atoms with Crippen LogP contribution in [0.2, 0.25) is 10.0 Å². The zero-order chi connectivity index (χ0) is 19.4. The van der Waals surface area contributed by atoms with Gasteiger partial charge in [0.15, 0.2) is 0 Å². The number of benzene rings is 2. The third kappa shape index (κ3) is 4.99. The first-order chi connectivity index (χ1) is 12.9. The molecule has 1 aliphatic heterocycles. The van der Waals surface area contributed by atoms with Gasteiger partial charge in [0.25, 0.3) is 5.91 Å². The maximum Gasteiger partial charge on any atom is 0.253 e. The van der Waals surface area contributed by atoms with Crippen molar-refractivity contribution in [1.29, 1.82) is 0 Å². The van der Waals surface area contributed by atoms with E-state index in [9.17, 15) is 14.0 Å². The minimum absolute atomic E-state index is 0.113. The number of nitrogens with zero attached hydrogens (tertiary/aromatic N) is 1. The third-order valence-electron chi connectivity index (χ3n) is 4.64. The number of nitrogens with one attached hydrogen (secondary N) is 1. The minimum Gasteiger partial charge on any atom is -0.352 e. The number of likely N-dealkylation sites (tertiary alicyclic amines) is 1. The standard InChI is InChI=1S/C20H19Cl2FN2O2/c21-16-6-3-14(18(22)10-16)11-24-19(26)15-2-1-9-25(12-15)20(27)13-4-7-17(23)8-5-13/h3-8,10,15H,1-2,9,11-12H2,(H,24,26). The van der Waals surface area contributed by atoms with Crippen LogP contribution in [0, 0.1) is 11.7 Å². The monoisotopic (exact) mass is 408 g/mol. The molecule has 7 heteroatoms. The van der Waals surface area contributed by atoms with E-state index in [0.29, 0.717) is 41.7 Å². The van der Waals surface area contributed by atoms with Gasteiger partial charge < -0.3 is 10.2 Å². The smallest absolute Gasteiger partial charge is 0.253 e. The van der Waals surface area contributed by atoms with Gasteiger partial charge in [-0.1, -0.05) is 29.3 Å². The predicted octanol–water partition coefficient (Wildman–Crippen LogP) is 4.30. The first kappa shape index (κ1) is 19.6. The van der Waals surface area contributed by atoms with Crippen molar-refractivity contribution in [3.63, 3.8) is 0 Å². The van der Waals surface area contributed by atoms with Crippen LogP contribution in [0.4, 0.5) is 4.39 Å². The number of piperidine rings is 1. The summed E-state index contributed by atoms with van der Waals surface area (Å²) >= 11 is 12.0. The summed E-state index contributed by atoms with van der Waals surface area (Å²) in [5.41, 5.74) is 1.20. The summed E-state index contributed by atoms with van der Waals surface area (Å²) < 4.78 is 13.0. The summed E-state index contributed by atoms with van der Waals surface area (Å²) in [5.74, 6) is -0.969. The lowest BCUT2D eigenvalue weighted by molar-refractivity contribution is -0.126. The Morgan fingerprint density at radius 2 is 1.89 bits per heavy atom. The molecule has 1 aliphatic rings. The van der Waals surface area contributed by atoms with Crippen molar-refractivity contribution < 1.29 is 14.0 Å². The highest BCUT2D eigenvalue weighted by Gasteiger charge is 2.28. The fourth-order valence-electron chi connectivity index (χ4n) is 3.14. The van der Waals surface area contributed by atoms with Crippen LogP contribution in [0.1, 0.15) is 28.8 Å². The van der Waals surface area contributed by atoms with E-state index in [2.05, 4.69) is 5.32 Å². The molecule has 1 saturated heterocycles. The van der Waals surface area contributed by atoms with E-state index in [1.54, 1.807) is 23.1 Å². The summed E-state index contributed by atoms with van der Waals surface area (Å²) in [6.45, 7) is 1.23. The van der Waals surface area contributed by atoms with Crippen LogP contribution < -0.4 is 5.32 Å². The third-order valence-corrected chi connectivity index (χ3v) is 5.23. The zero-order valence-corrected chi connectivity index (χ0v) is 16.1. The molecule has 3 rings (SSSR count). The summed E-state index contributed by atoms with van der Waals surface area (Å²) in [6, 6.07) is 10.6. The number of rotatable bonds is 4. The normalized spacial score (nSPS) is 16.9. The summed E-state index contributed by atoms with van der Waals surface area (Å²) in [5, 5.41) is 3.92. The molecule has 2 aromatic carbocycles. The molecule has 1 atom stereocenters. The lowest BCUT2D eigenvalue weighted by Gasteiger charge is -2.32. The lowest BCUT2D eigenvalue weighted by Crippen LogP contribution is -2.45. The first-order valence-electron chi connectivity index (χ1n) is 8.70.